The summed E-state index contributed by atoms with van der Waals surface area (Å²) in [5.74, 6) is 0.424. The van der Waals surface area contributed by atoms with E-state index < -0.39 is 0 Å². The smallest absolute Gasteiger partial charge is 0.238 e. The second kappa shape index (κ2) is 8.74. The molecule has 0 aliphatic heterocycles. The van der Waals surface area contributed by atoms with E-state index >= 15 is 0 Å². The molecule has 0 aliphatic rings. The molecule has 0 bridgehead atoms. The third-order valence-electron chi connectivity index (χ3n) is 2.24. The van der Waals surface area contributed by atoms with Crippen LogP contribution in [0.5, 0.6) is 5.75 Å². The first-order chi connectivity index (χ1) is 9.17. The van der Waals surface area contributed by atoms with E-state index in [9.17, 15) is 4.79 Å². The highest BCUT2D eigenvalue weighted by molar-refractivity contribution is 6.31. The highest BCUT2D eigenvalue weighted by Gasteiger charge is 2.08. The number of carbonyl (C=O) groups is 1. The number of nitrogens with one attached hydrogen (secondary N) is 2. The van der Waals surface area contributed by atoms with Crippen molar-refractivity contribution >= 4 is 23.2 Å². The second-order valence-electron chi connectivity index (χ2n) is 3.76. The van der Waals surface area contributed by atoms with Crippen molar-refractivity contribution in [1.82, 2.24) is 5.32 Å². The lowest BCUT2D eigenvalue weighted by Crippen LogP contribution is -2.25. The first-order valence-corrected chi connectivity index (χ1v) is 6.49. The number of rotatable bonds is 8. The van der Waals surface area contributed by atoms with E-state index in [1.807, 2.05) is 6.92 Å². The monoisotopic (exact) mass is 286 g/mol. The molecule has 0 spiro atoms. The van der Waals surface area contributed by atoms with E-state index in [0.29, 0.717) is 36.3 Å². The van der Waals surface area contributed by atoms with Crippen molar-refractivity contribution in [3.8, 4) is 5.75 Å². The standard InChI is InChI=1S/C13H19ClN2O3/c1-3-18-6-7-19-12-5-4-10(14)8-11(12)16-13(17)9-15-2/h4-5,8,15H,3,6-7,9H2,1-2H3,(H,16,17). The number of hydrogen-bond acceptors (Lipinski definition) is 4. The summed E-state index contributed by atoms with van der Waals surface area (Å²) in [5, 5.41) is 6.06. The van der Waals surface area contributed by atoms with Crippen LogP contribution in [0.2, 0.25) is 5.02 Å². The van der Waals surface area contributed by atoms with Gasteiger partial charge in [-0.15, -0.1) is 0 Å². The second-order valence-corrected chi connectivity index (χ2v) is 4.20. The van der Waals surface area contributed by atoms with E-state index in [1.54, 1.807) is 25.2 Å². The Labute approximate surface area is 118 Å². The zero-order valence-corrected chi connectivity index (χ0v) is 11.9. The van der Waals surface area contributed by atoms with Crippen LogP contribution in [0, 0.1) is 0 Å². The highest BCUT2D eigenvalue weighted by atomic mass is 35.5. The van der Waals surface area contributed by atoms with Crippen molar-refractivity contribution in [2.75, 3.05) is 38.7 Å². The van der Waals surface area contributed by atoms with Crippen molar-refractivity contribution in [2.24, 2.45) is 0 Å². The SMILES string of the molecule is CCOCCOc1ccc(Cl)cc1NC(=O)CNC. The van der Waals surface area contributed by atoms with Gasteiger partial charge in [-0.3, -0.25) is 4.79 Å². The predicted molar refractivity (Wildman–Crippen MR) is 76.0 cm³/mol. The Kier molecular flexibility index (Phi) is 7.25. The van der Waals surface area contributed by atoms with Gasteiger partial charge in [-0.2, -0.15) is 0 Å². The molecule has 0 saturated heterocycles. The molecule has 0 heterocycles. The zero-order valence-electron chi connectivity index (χ0n) is 11.2. The van der Waals surface area contributed by atoms with Crippen molar-refractivity contribution in [3.05, 3.63) is 23.2 Å². The number of amides is 1. The maximum absolute atomic E-state index is 11.6. The third-order valence-corrected chi connectivity index (χ3v) is 2.48. The Bertz CT molecular complexity index is 413. The Hall–Kier alpha value is -1.30. The normalized spacial score (nSPS) is 10.3. The molecule has 106 valence electrons. The van der Waals surface area contributed by atoms with Crippen LogP contribution in [0.4, 0.5) is 5.69 Å². The number of carbonyl (C=O) groups excluding carboxylic acids is 1. The lowest BCUT2D eigenvalue weighted by molar-refractivity contribution is -0.115. The summed E-state index contributed by atoms with van der Waals surface area (Å²) in [5.41, 5.74) is 0.559. The first kappa shape index (κ1) is 15.8. The molecule has 1 aromatic carbocycles. The molecule has 0 saturated carbocycles. The molecular weight excluding hydrogens is 268 g/mol. The summed E-state index contributed by atoms with van der Waals surface area (Å²) in [6.07, 6.45) is 0. The molecule has 0 radical (unpaired) electrons. The molecule has 2 N–H and O–H groups in total. The number of benzene rings is 1. The van der Waals surface area contributed by atoms with Gasteiger partial charge in [-0.05, 0) is 32.2 Å². The summed E-state index contributed by atoms with van der Waals surface area (Å²) in [7, 11) is 1.71. The summed E-state index contributed by atoms with van der Waals surface area (Å²) in [4.78, 5) is 11.6. The van der Waals surface area contributed by atoms with Crippen LogP contribution >= 0.6 is 11.6 Å². The van der Waals surface area contributed by atoms with E-state index in [4.69, 9.17) is 21.1 Å². The van der Waals surface area contributed by atoms with Crippen LogP contribution in [0.15, 0.2) is 18.2 Å². The van der Waals surface area contributed by atoms with Gasteiger partial charge in [0.2, 0.25) is 5.91 Å². The number of halogens is 1. The van der Waals surface area contributed by atoms with Crippen LogP contribution in [0.3, 0.4) is 0 Å². The van der Waals surface area contributed by atoms with Gasteiger partial charge in [-0.25, -0.2) is 0 Å². The lowest BCUT2D eigenvalue weighted by Gasteiger charge is -2.13. The maximum Gasteiger partial charge on any atom is 0.238 e. The topological polar surface area (TPSA) is 59.6 Å². The number of likely N-dealkylation sites (N-methyl/N-ethyl adjacent to an activating group) is 1. The van der Waals surface area contributed by atoms with Crippen molar-refractivity contribution in [2.45, 2.75) is 6.92 Å². The summed E-state index contributed by atoms with van der Waals surface area (Å²) >= 11 is 5.91. The molecule has 0 atom stereocenters. The Morgan fingerprint density at radius 3 is 2.84 bits per heavy atom. The van der Waals surface area contributed by atoms with Crippen LogP contribution < -0.4 is 15.4 Å². The van der Waals surface area contributed by atoms with E-state index in [2.05, 4.69) is 10.6 Å². The minimum Gasteiger partial charge on any atom is -0.489 e. The molecule has 1 amide bonds. The van der Waals surface area contributed by atoms with Crippen molar-refractivity contribution in [1.29, 1.82) is 0 Å². The minimum absolute atomic E-state index is 0.153. The largest absolute Gasteiger partial charge is 0.489 e. The van der Waals surface area contributed by atoms with Crippen molar-refractivity contribution < 1.29 is 14.3 Å². The summed E-state index contributed by atoms with van der Waals surface area (Å²) in [6.45, 7) is 3.72. The van der Waals surface area contributed by atoms with E-state index in [1.165, 1.54) is 0 Å². The average molecular weight is 287 g/mol. The summed E-state index contributed by atoms with van der Waals surface area (Å²) in [6, 6.07) is 5.10. The molecular formula is C13H19ClN2O3. The van der Waals surface area contributed by atoms with Gasteiger partial charge in [0.1, 0.15) is 12.4 Å². The van der Waals surface area contributed by atoms with Crippen LogP contribution in [-0.4, -0.2) is 39.3 Å². The maximum atomic E-state index is 11.6. The van der Waals surface area contributed by atoms with Gasteiger partial charge in [-0.1, -0.05) is 11.6 Å². The van der Waals surface area contributed by atoms with Gasteiger partial charge in [0.05, 0.1) is 18.8 Å². The Morgan fingerprint density at radius 2 is 2.16 bits per heavy atom. The third kappa shape index (κ3) is 5.92. The van der Waals surface area contributed by atoms with Gasteiger partial charge >= 0.3 is 0 Å². The van der Waals surface area contributed by atoms with E-state index in [0.717, 1.165) is 0 Å². The fraction of sp³-hybridized carbons (Fsp3) is 0.462. The molecule has 1 rings (SSSR count). The van der Waals surface area contributed by atoms with Gasteiger partial charge in [0.15, 0.2) is 0 Å². The molecule has 19 heavy (non-hydrogen) atoms. The van der Waals surface area contributed by atoms with Crippen molar-refractivity contribution in [3.63, 3.8) is 0 Å². The van der Waals surface area contributed by atoms with Crippen LogP contribution in [0.1, 0.15) is 6.92 Å². The average Bonchev–Trinajstić information content (AvgIpc) is 2.37. The molecule has 0 aliphatic carbocycles. The van der Waals surface area contributed by atoms with Gasteiger partial charge in [0, 0.05) is 11.6 Å². The number of anilines is 1. The number of hydrogen-bond donors (Lipinski definition) is 2. The Balaban J connectivity index is 2.65. The first-order valence-electron chi connectivity index (χ1n) is 6.12. The van der Waals surface area contributed by atoms with Gasteiger partial charge < -0.3 is 20.1 Å². The molecule has 0 unspecified atom stereocenters. The zero-order chi connectivity index (χ0) is 14.1. The van der Waals surface area contributed by atoms with Crippen LogP contribution in [-0.2, 0) is 9.53 Å². The minimum atomic E-state index is -0.153. The summed E-state index contributed by atoms with van der Waals surface area (Å²) < 4.78 is 10.7. The fourth-order valence-corrected chi connectivity index (χ4v) is 1.61. The van der Waals surface area contributed by atoms with E-state index in [-0.39, 0.29) is 12.5 Å². The molecule has 0 aromatic heterocycles. The quantitative estimate of drug-likeness (QED) is 0.717. The fourth-order valence-electron chi connectivity index (χ4n) is 1.44. The number of ether oxygens (including phenoxy) is 2. The Morgan fingerprint density at radius 1 is 1.37 bits per heavy atom. The highest BCUT2D eigenvalue weighted by Crippen LogP contribution is 2.27. The molecule has 5 nitrogen and oxygen atoms in total. The molecule has 6 heteroatoms. The van der Waals surface area contributed by atoms with Gasteiger partial charge in [0.25, 0.3) is 0 Å². The predicted octanol–water partition coefficient (Wildman–Crippen LogP) is 1.91. The molecule has 1 aromatic rings. The molecule has 0 fully saturated rings. The lowest BCUT2D eigenvalue weighted by atomic mass is 10.3. The van der Waals surface area contributed by atoms with Crippen LogP contribution in [0.25, 0.3) is 0 Å².